The van der Waals surface area contributed by atoms with Crippen molar-refractivity contribution in [2.45, 2.75) is 38.4 Å². The minimum atomic E-state index is -3.17. The third-order valence-corrected chi connectivity index (χ3v) is 9.19. The van der Waals surface area contributed by atoms with Crippen molar-refractivity contribution in [2.24, 2.45) is 0 Å². The van der Waals surface area contributed by atoms with Crippen molar-refractivity contribution in [2.75, 3.05) is 24.6 Å². The first-order valence-corrected chi connectivity index (χ1v) is 13.4. The van der Waals surface area contributed by atoms with Gasteiger partial charge in [-0.05, 0) is 56.6 Å². The Labute approximate surface area is 190 Å². The van der Waals surface area contributed by atoms with E-state index >= 15 is 0 Å². The van der Waals surface area contributed by atoms with Gasteiger partial charge in [-0.1, -0.05) is 12.1 Å². The van der Waals surface area contributed by atoms with Crippen LogP contribution < -0.4 is 5.32 Å². The summed E-state index contributed by atoms with van der Waals surface area (Å²) in [4.78, 5) is 16.7. The number of aromatic nitrogens is 2. The number of fused-ring (bicyclic) bond motifs is 1. The van der Waals surface area contributed by atoms with Crippen LogP contribution in [0.1, 0.15) is 33.8 Å². The van der Waals surface area contributed by atoms with Gasteiger partial charge in [0.2, 0.25) is 0 Å². The molecule has 1 N–H and O–H groups in total. The fraction of sp³-hybridized carbons (Fsp3) is 0.455. The van der Waals surface area contributed by atoms with Gasteiger partial charge < -0.3 is 5.32 Å². The van der Waals surface area contributed by atoms with Gasteiger partial charge in [0, 0.05) is 11.4 Å². The highest BCUT2D eigenvalue weighted by Crippen LogP contribution is 2.30. The molecule has 5 rings (SSSR count). The van der Waals surface area contributed by atoms with Crippen LogP contribution in [0.4, 0.5) is 4.39 Å². The molecular formula is C22H25FN4O3S2. The maximum Gasteiger partial charge on any atom is 0.261 e. The molecule has 2 aliphatic heterocycles. The first kappa shape index (κ1) is 21.5. The molecule has 0 saturated carbocycles. The lowest BCUT2D eigenvalue weighted by atomic mass is 10.1. The molecule has 0 bridgehead atoms. The first-order valence-electron chi connectivity index (χ1n) is 10.8. The van der Waals surface area contributed by atoms with Crippen molar-refractivity contribution >= 4 is 37.3 Å². The molecule has 7 nitrogen and oxygen atoms in total. The number of thiophene rings is 1. The number of aryl methyl sites for hydroxylation is 1. The van der Waals surface area contributed by atoms with E-state index in [4.69, 9.17) is 0 Å². The molecular weight excluding hydrogens is 451 g/mol. The molecule has 2 fully saturated rings. The second-order valence-electron chi connectivity index (χ2n) is 8.67. The van der Waals surface area contributed by atoms with E-state index in [1.165, 1.54) is 23.5 Å². The fourth-order valence-corrected chi connectivity index (χ4v) is 7.75. The number of rotatable bonds is 5. The largest absolute Gasteiger partial charge is 0.346 e. The van der Waals surface area contributed by atoms with Gasteiger partial charge >= 0.3 is 0 Å². The topological polar surface area (TPSA) is 84.3 Å². The molecule has 10 heteroatoms. The summed E-state index contributed by atoms with van der Waals surface area (Å²) in [5, 5.41) is 8.47. The van der Waals surface area contributed by atoms with E-state index in [1.54, 1.807) is 12.1 Å². The monoisotopic (exact) mass is 476 g/mol. The highest BCUT2D eigenvalue weighted by Gasteiger charge is 2.42. The van der Waals surface area contributed by atoms with E-state index < -0.39 is 15.9 Å². The van der Waals surface area contributed by atoms with Gasteiger partial charge in [0.25, 0.3) is 5.91 Å². The van der Waals surface area contributed by atoms with Crippen molar-refractivity contribution in [3.8, 4) is 0 Å². The van der Waals surface area contributed by atoms with E-state index in [-0.39, 0.29) is 29.3 Å². The van der Waals surface area contributed by atoms with E-state index in [1.807, 2.05) is 17.7 Å². The molecule has 2 aromatic heterocycles. The second kappa shape index (κ2) is 8.24. The van der Waals surface area contributed by atoms with Crippen molar-refractivity contribution < 1.29 is 17.6 Å². The molecule has 0 spiro atoms. The number of nitrogens with zero attached hydrogens (tertiary/aromatic N) is 3. The van der Waals surface area contributed by atoms with Crippen LogP contribution >= 0.6 is 11.3 Å². The summed E-state index contributed by atoms with van der Waals surface area (Å²) in [6, 6.07) is 7.55. The van der Waals surface area contributed by atoms with E-state index in [9.17, 15) is 17.6 Å². The highest BCUT2D eigenvalue weighted by atomic mass is 32.2. The molecule has 3 aromatic rings. The summed E-state index contributed by atoms with van der Waals surface area (Å²) >= 11 is 1.34. The number of benzene rings is 1. The third kappa shape index (κ3) is 4.18. The number of carbonyl (C=O) groups is 1. The van der Waals surface area contributed by atoms with E-state index in [0.29, 0.717) is 11.4 Å². The molecule has 1 aromatic carbocycles. The van der Waals surface area contributed by atoms with Gasteiger partial charge in [-0.2, -0.15) is 5.10 Å². The molecule has 2 unspecified atom stereocenters. The number of carbonyl (C=O) groups excluding carboxylic acids is 1. The van der Waals surface area contributed by atoms with Gasteiger partial charge in [-0.25, -0.2) is 12.8 Å². The van der Waals surface area contributed by atoms with Crippen molar-refractivity contribution in [3.05, 3.63) is 52.3 Å². The minimum Gasteiger partial charge on any atom is -0.346 e. The van der Waals surface area contributed by atoms with Gasteiger partial charge in [0.15, 0.2) is 9.84 Å². The SMILES string of the molecule is Cc1nn(Cc2ccc(F)cc2)c2sc(C(=O)NC3CS(=O)(=O)CC3N3CCCC3)cc12. The molecule has 2 saturated heterocycles. The quantitative estimate of drug-likeness (QED) is 0.612. The average Bonchev–Trinajstić information content (AvgIpc) is 3.50. The molecule has 1 amide bonds. The number of halogens is 1. The summed E-state index contributed by atoms with van der Waals surface area (Å²) in [6.45, 7) is 4.14. The Morgan fingerprint density at radius 1 is 1.22 bits per heavy atom. The van der Waals surface area contributed by atoms with Crippen LogP contribution in [0, 0.1) is 12.7 Å². The summed E-state index contributed by atoms with van der Waals surface area (Å²) in [6.07, 6.45) is 2.13. The van der Waals surface area contributed by atoms with Crippen LogP contribution in [0.25, 0.3) is 10.2 Å². The van der Waals surface area contributed by atoms with Crippen molar-refractivity contribution in [1.29, 1.82) is 0 Å². The lowest BCUT2D eigenvalue weighted by molar-refractivity contribution is 0.0923. The smallest absolute Gasteiger partial charge is 0.261 e. The Kier molecular flexibility index (Phi) is 5.55. The van der Waals surface area contributed by atoms with Gasteiger partial charge in [-0.3, -0.25) is 14.4 Å². The highest BCUT2D eigenvalue weighted by molar-refractivity contribution is 7.91. The lowest BCUT2D eigenvalue weighted by Gasteiger charge is -2.28. The number of hydrogen-bond acceptors (Lipinski definition) is 6. The third-order valence-electron chi connectivity index (χ3n) is 6.33. The molecule has 32 heavy (non-hydrogen) atoms. The maximum atomic E-state index is 13.2. The van der Waals surface area contributed by atoms with Crippen LogP contribution in [0.3, 0.4) is 0 Å². The van der Waals surface area contributed by atoms with Crippen molar-refractivity contribution in [3.63, 3.8) is 0 Å². The zero-order valence-electron chi connectivity index (χ0n) is 17.8. The summed E-state index contributed by atoms with van der Waals surface area (Å²) in [5.74, 6) is -0.435. The standard InChI is InChI=1S/C22H25FN4O3S2/c1-14-17-10-20(31-22(17)27(25-14)11-15-4-6-16(23)7-5-15)21(28)24-18-12-32(29,30)13-19(18)26-8-2-3-9-26/h4-7,10,18-19H,2-3,8-9,11-13H2,1H3,(H,24,28). The number of nitrogens with one attached hydrogen (secondary N) is 1. The molecule has 4 heterocycles. The van der Waals surface area contributed by atoms with Gasteiger partial charge in [0.1, 0.15) is 10.6 Å². The van der Waals surface area contributed by atoms with Crippen LogP contribution in [0.2, 0.25) is 0 Å². The fourth-order valence-electron chi connectivity index (χ4n) is 4.73. The summed E-state index contributed by atoms with van der Waals surface area (Å²) in [7, 11) is -3.17. The number of sulfone groups is 1. The van der Waals surface area contributed by atoms with Gasteiger partial charge in [0.05, 0.1) is 34.7 Å². The maximum absolute atomic E-state index is 13.2. The van der Waals surface area contributed by atoms with Crippen LogP contribution in [0.15, 0.2) is 30.3 Å². The number of likely N-dealkylation sites (tertiary alicyclic amines) is 1. The Bertz CT molecular complexity index is 1260. The van der Waals surface area contributed by atoms with E-state index in [0.717, 1.165) is 47.4 Å². The average molecular weight is 477 g/mol. The molecule has 0 radical (unpaired) electrons. The second-order valence-corrected chi connectivity index (χ2v) is 11.9. The Hall–Kier alpha value is -2.30. The molecule has 170 valence electrons. The normalized spacial score (nSPS) is 23.2. The number of amides is 1. The van der Waals surface area contributed by atoms with Crippen molar-refractivity contribution in [1.82, 2.24) is 20.0 Å². The van der Waals surface area contributed by atoms with Gasteiger partial charge in [-0.15, -0.1) is 11.3 Å². The Morgan fingerprint density at radius 3 is 2.66 bits per heavy atom. The lowest BCUT2D eigenvalue weighted by Crippen LogP contribution is -2.50. The molecule has 2 aliphatic rings. The zero-order valence-corrected chi connectivity index (χ0v) is 19.4. The van der Waals surface area contributed by atoms with Crippen LogP contribution in [-0.2, 0) is 16.4 Å². The van der Waals surface area contributed by atoms with Crippen LogP contribution in [0.5, 0.6) is 0 Å². The predicted molar refractivity (Wildman–Crippen MR) is 122 cm³/mol. The Morgan fingerprint density at radius 2 is 1.94 bits per heavy atom. The predicted octanol–water partition coefficient (Wildman–Crippen LogP) is 2.58. The summed E-state index contributed by atoms with van der Waals surface area (Å²) < 4.78 is 39.6. The van der Waals surface area contributed by atoms with Crippen LogP contribution in [-0.4, -0.2) is 65.7 Å². The number of hydrogen-bond donors (Lipinski definition) is 1. The minimum absolute atomic E-state index is 0.0117. The Balaban J connectivity index is 1.37. The zero-order chi connectivity index (χ0) is 22.5. The summed E-state index contributed by atoms with van der Waals surface area (Å²) in [5.41, 5.74) is 1.73. The molecule has 2 atom stereocenters. The molecule has 0 aliphatic carbocycles. The van der Waals surface area contributed by atoms with E-state index in [2.05, 4.69) is 15.3 Å². The first-order chi connectivity index (χ1) is 15.3.